The summed E-state index contributed by atoms with van der Waals surface area (Å²) in [4.78, 5) is 46.2. The van der Waals surface area contributed by atoms with E-state index in [9.17, 15) is 24.3 Å². The number of phosphoric ester groups is 1. The lowest BCUT2D eigenvalue weighted by Crippen LogP contribution is -2.45. The summed E-state index contributed by atoms with van der Waals surface area (Å²) < 4.78 is 23.6. The van der Waals surface area contributed by atoms with Crippen LogP contribution < -0.4 is 16.0 Å². The Morgan fingerprint density at radius 2 is 1.82 bits per heavy atom. The monoisotopic (exact) mass is 634 g/mol. The molecule has 1 amide bonds. The number of ether oxygens (including phenoxy) is 1. The van der Waals surface area contributed by atoms with Crippen LogP contribution in [0.4, 0.5) is 11.5 Å². The topological polar surface area (TPSA) is 222 Å². The van der Waals surface area contributed by atoms with Crippen LogP contribution in [0.25, 0.3) is 23.3 Å². The van der Waals surface area contributed by atoms with Crippen molar-refractivity contribution in [3.63, 3.8) is 0 Å². The Balaban J connectivity index is 1.21. The van der Waals surface area contributed by atoms with Crippen molar-refractivity contribution in [2.24, 2.45) is 0 Å². The number of fused-ring (bicyclic) bond motifs is 1. The SMILES string of the molecule is CCN(CCNC(=O)C1O[C@@H](n2cnc3c(N)ncnc32)[C@H](OP(=O)(O)O)[C@@H]1O)c1ccc(/C=C/c2ccc(C#N)cc2)cc1. The van der Waals surface area contributed by atoms with Crippen molar-refractivity contribution < 1.29 is 33.5 Å². The number of hydrogen-bond donors (Lipinski definition) is 5. The van der Waals surface area contributed by atoms with Gasteiger partial charge in [0.15, 0.2) is 23.8 Å². The number of amides is 1. The molecule has 16 heteroatoms. The molecule has 2 aromatic heterocycles. The van der Waals surface area contributed by atoms with Gasteiger partial charge in [-0.1, -0.05) is 36.4 Å². The summed E-state index contributed by atoms with van der Waals surface area (Å²) in [5, 5.41) is 22.6. The first-order valence-corrected chi connectivity index (χ1v) is 15.4. The highest BCUT2D eigenvalue weighted by Crippen LogP contribution is 2.45. The maximum Gasteiger partial charge on any atom is 0.470 e. The number of phosphoric acid groups is 1. The molecule has 0 saturated carbocycles. The molecule has 4 atom stereocenters. The lowest BCUT2D eigenvalue weighted by atomic mass is 10.1. The zero-order valence-corrected chi connectivity index (χ0v) is 24.9. The van der Waals surface area contributed by atoms with E-state index in [1.165, 1.54) is 17.2 Å². The van der Waals surface area contributed by atoms with Gasteiger partial charge in [-0.25, -0.2) is 19.5 Å². The van der Waals surface area contributed by atoms with Gasteiger partial charge >= 0.3 is 7.82 Å². The van der Waals surface area contributed by atoms with Crippen molar-refractivity contribution in [3.8, 4) is 6.07 Å². The first-order chi connectivity index (χ1) is 21.6. The number of imidazole rings is 1. The second-order valence-corrected chi connectivity index (χ2v) is 11.3. The molecule has 234 valence electrons. The number of nitrogen functional groups attached to an aromatic ring is 1. The quantitative estimate of drug-likeness (QED) is 0.117. The van der Waals surface area contributed by atoms with Gasteiger partial charge in [0.25, 0.3) is 5.91 Å². The number of aromatic nitrogens is 4. The third-order valence-corrected chi connectivity index (χ3v) is 7.74. The number of likely N-dealkylation sites (N-methyl/N-ethyl adjacent to an activating group) is 1. The minimum Gasteiger partial charge on any atom is -0.387 e. The van der Waals surface area contributed by atoms with Crippen LogP contribution in [0.3, 0.4) is 0 Å². The Kier molecular flexibility index (Phi) is 9.54. The Labute approximate surface area is 257 Å². The number of benzene rings is 2. The van der Waals surface area contributed by atoms with Crippen molar-refractivity contribution in [2.45, 2.75) is 31.5 Å². The third-order valence-electron chi connectivity index (χ3n) is 7.22. The maximum atomic E-state index is 13.1. The number of carbonyl (C=O) groups excluding carboxylic acids is 1. The standard InChI is InChI=1S/C29H31N8O7P/c1-2-36(21-11-9-19(10-12-21)4-3-18-5-7-20(15-30)8-6-18)14-13-32-28(39)24-23(38)25(44-45(40,41)42)29(43-24)37-17-35-22-26(31)33-16-34-27(22)37/h3-12,16-17,23-25,29,38H,2,13-14H2,1H3,(H,32,39)(H2,31,33,34)(H2,40,41,42)/b4-3+/t23-,24?,25-,29-/m1/s1. The molecule has 0 aliphatic carbocycles. The number of rotatable bonds is 11. The van der Waals surface area contributed by atoms with Crippen molar-refractivity contribution in [3.05, 3.63) is 77.9 Å². The molecular formula is C29H31N8O7P. The molecule has 1 aliphatic rings. The highest BCUT2D eigenvalue weighted by atomic mass is 31.2. The molecule has 1 aliphatic heterocycles. The van der Waals surface area contributed by atoms with Crippen molar-refractivity contribution in [2.75, 3.05) is 30.3 Å². The Bertz CT molecular complexity index is 1770. The van der Waals surface area contributed by atoms with Crippen LogP contribution in [-0.4, -0.2) is 78.3 Å². The van der Waals surface area contributed by atoms with Gasteiger partial charge in [-0.05, 0) is 42.3 Å². The zero-order valence-electron chi connectivity index (χ0n) is 24.0. The molecule has 5 rings (SSSR count). The molecule has 0 bridgehead atoms. The molecule has 3 heterocycles. The smallest absolute Gasteiger partial charge is 0.387 e. The first-order valence-electron chi connectivity index (χ1n) is 13.9. The van der Waals surface area contributed by atoms with Gasteiger partial charge in [0.2, 0.25) is 0 Å². The molecule has 45 heavy (non-hydrogen) atoms. The van der Waals surface area contributed by atoms with Gasteiger partial charge in [-0.15, -0.1) is 0 Å². The van der Waals surface area contributed by atoms with Gasteiger partial charge in [0.1, 0.15) is 24.1 Å². The summed E-state index contributed by atoms with van der Waals surface area (Å²) in [5.41, 5.74) is 9.70. The fourth-order valence-electron chi connectivity index (χ4n) is 4.96. The summed E-state index contributed by atoms with van der Waals surface area (Å²) in [7, 11) is -5.10. The van der Waals surface area contributed by atoms with E-state index < -0.39 is 38.3 Å². The molecule has 1 unspecified atom stereocenters. The van der Waals surface area contributed by atoms with Gasteiger partial charge in [-0.2, -0.15) is 5.26 Å². The number of nitrogens with zero attached hydrogens (tertiary/aromatic N) is 6. The molecule has 0 radical (unpaired) electrons. The second-order valence-electron chi connectivity index (χ2n) is 10.1. The second kappa shape index (κ2) is 13.5. The van der Waals surface area contributed by atoms with Crippen molar-refractivity contribution >= 4 is 48.6 Å². The van der Waals surface area contributed by atoms with Gasteiger partial charge in [0.05, 0.1) is 18.0 Å². The Hall–Kier alpha value is -4.68. The Morgan fingerprint density at radius 1 is 1.16 bits per heavy atom. The first kappa shape index (κ1) is 31.7. The van der Waals surface area contributed by atoms with Crippen LogP contribution in [0.1, 0.15) is 29.8 Å². The number of hydrogen-bond acceptors (Lipinski definition) is 11. The molecule has 1 fully saturated rings. The van der Waals surface area contributed by atoms with E-state index in [2.05, 4.69) is 26.3 Å². The number of nitriles is 1. The van der Waals surface area contributed by atoms with Crippen LogP contribution in [-0.2, 0) is 18.6 Å². The third kappa shape index (κ3) is 7.35. The van der Waals surface area contributed by atoms with E-state index >= 15 is 0 Å². The number of nitrogens with two attached hydrogens (primary N) is 1. The number of nitrogens with one attached hydrogen (secondary N) is 1. The summed E-state index contributed by atoms with van der Waals surface area (Å²) in [6.45, 7) is 3.24. The van der Waals surface area contributed by atoms with Crippen molar-refractivity contribution in [1.82, 2.24) is 24.8 Å². The number of anilines is 2. The minimum atomic E-state index is -5.10. The molecule has 6 N–H and O–H groups in total. The zero-order chi connectivity index (χ0) is 32.1. The summed E-state index contributed by atoms with van der Waals surface area (Å²) in [5.74, 6) is -0.629. The molecular weight excluding hydrogens is 603 g/mol. The Morgan fingerprint density at radius 3 is 2.44 bits per heavy atom. The number of aliphatic hydroxyl groups is 1. The van der Waals surface area contributed by atoms with Crippen LogP contribution in [0, 0.1) is 11.3 Å². The summed E-state index contributed by atoms with van der Waals surface area (Å²) in [6, 6.07) is 17.3. The number of carbonyl (C=O) groups is 1. The lowest BCUT2D eigenvalue weighted by molar-refractivity contribution is -0.137. The van der Waals surface area contributed by atoms with E-state index in [0.717, 1.165) is 16.8 Å². The van der Waals surface area contributed by atoms with E-state index in [0.29, 0.717) is 18.7 Å². The van der Waals surface area contributed by atoms with Crippen LogP contribution in [0.5, 0.6) is 0 Å². The van der Waals surface area contributed by atoms with E-state index in [4.69, 9.17) is 20.3 Å². The van der Waals surface area contributed by atoms with Gasteiger partial charge in [0, 0.05) is 25.3 Å². The van der Waals surface area contributed by atoms with Gasteiger partial charge < -0.3 is 35.6 Å². The maximum absolute atomic E-state index is 13.1. The molecule has 2 aromatic carbocycles. The van der Waals surface area contributed by atoms with Gasteiger partial charge in [-0.3, -0.25) is 13.9 Å². The normalized spacial score (nSPS) is 20.0. The van der Waals surface area contributed by atoms with E-state index in [1.54, 1.807) is 12.1 Å². The predicted octanol–water partition coefficient (Wildman–Crippen LogP) is 1.83. The summed E-state index contributed by atoms with van der Waals surface area (Å²) in [6.07, 6.45) is 0.112. The molecule has 4 aromatic rings. The largest absolute Gasteiger partial charge is 0.470 e. The predicted molar refractivity (Wildman–Crippen MR) is 164 cm³/mol. The fraction of sp³-hybridized carbons (Fsp3) is 0.276. The average Bonchev–Trinajstić information content (AvgIpc) is 3.59. The molecule has 15 nitrogen and oxygen atoms in total. The van der Waals surface area contributed by atoms with E-state index in [1.807, 2.05) is 60.4 Å². The minimum absolute atomic E-state index is 0.0636. The molecule has 0 spiro atoms. The van der Waals surface area contributed by atoms with Crippen molar-refractivity contribution in [1.29, 1.82) is 5.26 Å². The average molecular weight is 635 g/mol. The highest BCUT2D eigenvalue weighted by Gasteiger charge is 2.51. The van der Waals surface area contributed by atoms with Crippen LogP contribution >= 0.6 is 7.82 Å². The van der Waals surface area contributed by atoms with Crippen LogP contribution in [0.15, 0.2) is 61.2 Å². The van der Waals surface area contributed by atoms with E-state index in [-0.39, 0.29) is 23.5 Å². The fourth-order valence-corrected chi connectivity index (χ4v) is 5.51. The highest BCUT2D eigenvalue weighted by molar-refractivity contribution is 7.46. The summed E-state index contributed by atoms with van der Waals surface area (Å²) >= 11 is 0. The molecule has 1 saturated heterocycles. The lowest BCUT2D eigenvalue weighted by Gasteiger charge is -2.24. The number of aliphatic hydroxyl groups excluding tert-OH is 1. The van der Waals surface area contributed by atoms with Crippen LogP contribution in [0.2, 0.25) is 0 Å².